The van der Waals surface area contributed by atoms with Crippen LogP contribution in [0.1, 0.15) is 39.2 Å². The molecule has 1 aromatic carbocycles. The van der Waals surface area contributed by atoms with Crippen molar-refractivity contribution >= 4 is 27.9 Å². The molecular weight excluding hydrogens is 314 g/mol. The number of nitrogens with zero attached hydrogens (tertiary/aromatic N) is 2. The number of nitro groups is 1. The summed E-state index contributed by atoms with van der Waals surface area (Å²) in [5.74, 6) is -0.563. The Bertz CT molecular complexity index is 836. The number of carbonyl (C=O) groups is 1. The Hall–Kier alpha value is -2.72. The van der Waals surface area contributed by atoms with Crippen LogP contribution in [0.2, 0.25) is 0 Å². The van der Waals surface area contributed by atoms with Crippen molar-refractivity contribution in [3.05, 3.63) is 55.9 Å². The van der Waals surface area contributed by atoms with Crippen molar-refractivity contribution in [2.24, 2.45) is 0 Å². The first-order chi connectivity index (χ1) is 11.1. The minimum absolute atomic E-state index is 0.00670. The molecule has 0 saturated heterocycles. The predicted molar refractivity (Wildman–Crippen MR) is 86.7 cm³/mol. The van der Waals surface area contributed by atoms with Gasteiger partial charge in [0.1, 0.15) is 16.6 Å². The van der Waals surface area contributed by atoms with Gasteiger partial charge in [-0.25, -0.2) is 0 Å². The van der Waals surface area contributed by atoms with Gasteiger partial charge in [0.05, 0.1) is 10.5 Å². The van der Waals surface area contributed by atoms with Gasteiger partial charge < -0.3 is 5.32 Å². The summed E-state index contributed by atoms with van der Waals surface area (Å²) in [6, 6.07) is 7.95. The van der Waals surface area contributed by atoms with Gasteiger partial charge in [-0.2, -0.15) is 5.26 Å². The number of fused-ring (bicyclic) bond motifs is 1. The van der Waals surface area contributed by atoms with Crippen LogP contribution in [0.5, 0.6) is 0 Å². The first-order valence-electron chi connectivity index (χ1n) is 7.21. The van der Waals surface area contributed by atoms with Gasteiger partial charge in [0.15, 0.2) is 0 Å². The van der Waals surface area contributed by atoms with Crippen LogP contribution in [0.4, 0.5) is 10.7 Å². The lowest BCUT2D eigenvalue weighted by Crippen LogP contribution is -2.13. The van der Waals surface area contributed by atoms with Crippen molar-refractivity contribution in [3.63, 3.8) is 0 Å². The zero-order valence-electron chi connectivity index (χ0n) is 12.2. The van der Waals surface area contributed by atoms with E-state index in [9.17, 15) is 20.2 Å². The lowest BCUT2D eigenvalue weighted by Gasteiger charge is -2.09. The van der Waals surface area contributed by atoms with Gasteiger partial charge in [0.2, 0.25) is 0 Å². The number of amides is 1. The van der Waals surface area contributed by atoms with Gasteiger partial charge in [-0.15, -0.1) is 11.3 Å². The van der Waals surface area contributed by atoms with Crippen LogP contribution in [0.15, 0.2) is 24.3 Å². The predicted octanol–water partition coefficient (Wildman–Crippen LogP) is 3.66. The van der Waals surface area contributed by atoms with E-state index in [0.29, 0.717) is 10.6 Å². The summed E-state index contributed by atoms with van der Waals surface area (Å²) in [5.41, 5.74) is 1.26. The second kappa shape index (κ2) is 6.18. The van der Waals surface area contributed by atoms with Gasteiger partial charge in [-0.3, -0.25) is 14.9 Å². The third-order valence-electron chi connectivity index (χ3n) is 3.86. The molecule has 1 aromatic heterocycles. The van der Waals surface area contributed by atoms with E-state index >= 15 is 0 Å². The molecule has 116 valence electrons. The Kier molecular flexibility index (Phi) is 4.08. The van der Waals surface area contributed by atoms with E-state index in [1.807, 2.05) is 0 Å². The Morgan fingerprint density at radius 1 is 1.30 bits per heavy atom. The number of anilines is 1. The molecule has 1 heterocycles. The second-order valence-electron chi connectivity index (χ2n) is 5.26. The number of para-hydroxylation sites is 1. The molecule has 1 aliphatic rings. The lowest BCUT2D eigenvalue weighted by atomic mass is 9.96. The molecule has 1 amide bonds. The molecule has 0 spiro atoms. The Labute approximate surface area is 136 Å². The smallest absolute Gasteiger partial charge is 0.282 e. The summed E-state index contributed by atoms with van der Waals surface area (Å²) in [6.45, 7) is 0. The third kappa shape index (κ3) is 2.81. The summed E-state index contributed by atoms with van der Waals surface area (Å²) in [7, 11) is 0. The highest BCUT2D eigenvalue weighted by atomic mass is 32.1. The molecule has 7 heteroatoms. The quantitative estimate of drug-likeness (QED) is 0.687. The Balaban J connectivity index is 1.94. The minimum atomic E-state index is -0.584. The SMILES string of the molecule is N#Cc1c(NC(=O)c2ccccc2[N+](=O)[O-])sc2c1CCCC2. The number of rotatable bonds is 3. The van der Waals surface area contributed by atoms with Gasteiger partial charge in [-0.05, 0) is 37.3 Å². The van der Waals surface area contributed by atoms with Crippen LogP contribution in [-0.4, -0.2) is 10.8 Å². The molecule has 0 aliphatic heterocycles. The summed E-state index contributed by atoms with van der Waals surface area (Å²) < 4.78 is 0. The van der Waals surface area contributed by atoms with E-state index in [2.05, 4.69) is 11.4 Å². The summed E-state index contributed by atoms with van der Waals surface area (Å²) in [5, 5.41) is 23.6. The standard InChI is InChI=1S/C16H13N3O3S/c17-9-12-10-5-2-4-8-14(10)23-16(12)18-15(20)11-6-1-3-7-13(11)19(21)22/h1,3,6-7H,2,4-5,8H2,(H,18,20). The average molecular weight is 327 g/mol. The molecule has 0 saturated carbocycles. The molecule has 0 fully saturated rings. The number of aryl methyl sites for hydroxylation is 1. The maximum atomic E-state index is 12.4. The lowest BCUT2D eigenvalue weighted by molar-refractivity contribution is -0.385. The van der Waals surface area contributed by atoms with Crippen molar-refractivity contribution in [2.75, 3.05) is 5.32 Å². The Morgan fingerprint density at radius 3 is 2.78 bits per heavy atom. The summed E-state index contributed by atoms with van der Waals surface area (Å²) >= 11 is 1.40. The van der Waals surface area contributed by atoms with Crippen molar-refractivity contribution in [1.29, 1.82) is 5.26 Å². The number of thiophene rings is 1. The highest BCUT2D eigenvalue weighted by Gasteiger charge is 2.24. The van der Waals surface area contributed by atoms with Gasteiger partial charge in [0, 0.05) is 10.9 Å². The molecule has 23 heavy (non-hydrogen) atoms. The molecule has 1 N–H and O–H groups in total. The first-order valence-corrected chi connectivity index (χ1v) is 8.03. The van der Waals surface area contributed by atoms with Crippen LogP contribution in [-0.2, 0) is 12.8 Å². The molecule has 6 nitrogen and oxygen atoms in total. The topological polar surface area (TPSA) is 96.0 Å². The van der Waals surface area contributed by atoms with Crippen LogP contribution in [0.25, 0.3) is 0 Å². The number of carbonyl (C=O) groups excluding carboxylic acids is 1. The molecule has 1 aliphatic carbocycles. The maximum Gasteiger partial charge on any atom is 0.282 e. The molecule has 3 rings (SSSR count). The fourth-order valence-electron chi connectivity index (χ4n) is 2.77. The van der Waals surface area contributed by atoms with Crippen molar-refractivity contribution in [3.8, 4) is 6.07 Å². The van der Waals surface area contributed by atoms with Crippen LogP contribution >= 0.6 is 11.3 Å². The monoisotopic (exact) mass is 327 g/mol. The normalized spacial score (nSPS) is 13.0. The maximum absolute atomic E-state index is 12.4. The van der Waals surface area contributed by atoms with Gasteiger partial charge in [-0.1, -0.05) is 12.1 Å². The first kappa shape index (κ1) is 15.2. The number of hydrogen-bond donors (Lipinski definition) is 1. The van der Waals surface area contributed by atoms with E-state index in [1.165, 1.54) is 29.5 Å². The molecule has 0 bridgehead atoms. The zero-order valence-corrected chi connectivity index (χ0v) is 13.0. The van der Waals surface area contributed by atoms with E-state index in [-0.39, 0.29) is 11.3 Å². The zero-order chi connectivity index (χ0) is 16.4. The van der Waals surface area contributed by atoms with Crippen LogP contribution in [0.3, 0.4) is 0 Å². The summed E-state index contributed by atoms with van der Waals surface area (Å²) in [6.07, 6.45) is 3.87. The number of hydrogen-bond acceptors (Lipinski definition) is 5. The molecular formula is C16H13N3O3S. The fraction of sp³-hybridized carbons (Fsp3) is 0.250. The van der Waals surface area contributed by atoms with E-state index in [0.717, 1.165) is 36.1 Å². The molecule has 0 atom stereocenters. The van der Waals surface area contributed by atoms with Gasteiger partial charge in [0.25, 0.3) is 11.6 Å². The van der Waals surface area contributed by atoms with E-state index < -0.39 is 10.8 Å². The van der Waals surface area contributed by atoms with Crippen LogP contribution in [0, 0.1) is 21.4 Å². The van der Waals surface area contributed by atoms with E-state index in [1.54, 1.807) is 6.07 Å². The number of benzene rings is 1. The highest BCUT2D eigenvalue weighted by molar-refractivity contribution is 7.16. The van der Waals surface area contributed by atoms with Crippen molar-refractivity contribution in [2.45, 2.75) is 25.7 Å². The average Bonchev–Trinajstić information content (AvgIpc) is 2.91. The fourth-order valence-corrected chi connectivity index (χ4v) is 4.00. The Morgan fingerprint density at radius 2 is 2.04 bits per heavy atom. The molecule has 0 radical (unpaired) electrons. The number of nitro benzene ring substituents is 1. The van der Waals surface area contributed by atoms with Gasteiger partial charge >= 0.3 is 0 Å². The second-order valence-corrected chi connectivity index (χ2v) is 6.36. The number of nitrogens with one attached hydrogen (secondary N) is 1. The van der Waals surface area contributed by atoms with E-state index in [4.69, 9.17) is 0 Å². The summed E-state index contributed by atoms with van der Waals surface area (Å²) in [4.78, 5) is 24.0. The largest absolute Gasteiger partial charge is 0.312 e. The molecule has 0 unspecified atom stereocenters. The number of nitriles is 1. The third-order valence-corrected chi connectivity index (χ3v) is 5.06. The molecule has 2 aromatic rings. The highest BCUT2D eigenvalue weighted by Crippen LogP contribution is 2.38. The van der Waals surface area contributed by atoms with Crippen molar-refractivity contribution < 1.29 is 9.72 Å². The van der Waals surface area contributed by atoms with Crippen LogP contribution < -0.4 is 5.32 Å². The minimum Gasteiger partial charge on any atom is -0.312 e. The van der Waals surface area contributed by atoms with Crippen molar-refractivity contribution in [1.82, 2.24) is 0 Å².